The highest BCUT2D eigenvalue weighted by atomic mass is 14.2. The van der Waals surface area contributed by atoms with Crippen molar-refractivity contribution in [2.24, 2.45) is 5.92 Å². The lowest BCUT2D eigenvalue weighted by molar-refractivity contribution is 0.473. The minimum Gasteiger partial charge on any atom is -0.0651 e. The molecule has 2 atom stereocenters. The van der Waals surface area contributed by atoms with Gasteiger partial charge in [-0.2, -0.15) is 0 Å². The van der Waals surface area contributed by atoms with Gasteiger partial charge in [0.05, 0.1) is 0 Å². The second-order valence-electron chi connectivity index (χ2n) is 3.58. The molecule has 0 radical (unpaired) electrons. The molecule has 1 aromatic rings. The fourth-order valence-electron chi connectivity index (χ4n) is 1.44. The maximum Gasteiger partial charge on any atom is -0.0165 e. The minimum absolute atomic E-state index is 0.691. The molecule has 0 heteroatoms. The topological polar surface area (TPSA) is 0 Å². The van der Waals surface area contributed by atoms with E-state index in [4.69, 9.17) is 0 Å². The van der Waals surface area contributed by atoms with E-state index in [0.717, 1.165) is 5.92 Å². The van der Waals surface area contributed by atoms with Crippen molar-refractivity contribution in [3.8, 4) is 0 Å². The van der Waals surface area contributed by atoms with Crippen LogP contribution in [0.3, 0.4) is 0 Å². The van der Waals surface area contributed by atoms with E-state index in [1.807, 2.05) is 0 Å². The van der Waals surface area contributed by atoms with Crippen LogP contribution < -0.4 is 0 Å². The summed E-state index contributed by atoms with van der Waals surface area (Å²) in [5, 5.41) is 0. The van der Waals surface area contributed by atoms with Gasteiger partial charge in [0, 0.05) is 0 Å². The first-order valence-electron chi connectivity index (χ1n) is 4.80. The molecule has 1 rings (SSSR count). The van der Waals surface area contributed by atoms with Crippen molar-refractivity contribution in [2.45, 2.75) is 33.1 Å². The molecule has 0 saturated carbocycles. The van der Waals surface area contributed by atoms with Crippen LogP contribution in [-0.4, -0.2) is 0 Å². The Kier molecular flexibility index (Phi) is 3.33. The number of rotatable bonds is 3. The molecular formula is C12H18. The molecule has 66 valence electrons. The summed E-state index contributed by atoms with van der Waals surface area (Å²) in [6.07, 6.45) is 1.26. The van der Waals surface area contributed by atoms with Gasteiger partial charge in [-0.15, -0.1) is 0 Å². The zero-order valence-corrected chi connectivity index (χ0v) is 8.25. The Morgan fingerprint density at radius 2 is 1.67 bits per heavy atom. The van der Waals surface area contributed by atoms with Gasteiger partial charge >= 0.3 is 0 Å². The molecule has 0 amide bonds. The molecule has 0 fully saturated rings. The van der Waals surface area contributed by atoms with Gasteiger partial charge in [0.2, 0.25) is 0 Å². The average molecular weight is 162 g/mol. The Labute approximate surface area is 75.6 Å². The van der Waals surface area contributed by atoms with Gasteiger partial charge in [0.25, 0.3) is 0 Å². The molecule has 0 spiro atoms. The van der Waals surface area contributed by atoms with E-state index in [2.05, 4.69) is 51.1 Å². The molecule has 1 unspecified atom stereocenters. The van der Waals surface area contributed by atoms with Crippen LogP contribution in [0.4, 0.5) is 0 Å². The van der Waals surface area contributed by atoms with Gasteiger partial charge in [0.15, 0.2) is 0 Å². The maximum atomic E-state index is 2.32. The molecular weight excluding hydrogens is 144 g/mol. The highest BCUT2D eigenvalue weighted by Crippen LogP contribution is 2.25. The van der Waals surface area contributed by atoms with Gasteiger partial charge in [-0.05, 0) is 17.4 Å². The summed E-state index contributed by atoms with van der Waals surface area (Å²) in [7, 11) is 0. The first-order chi connectivity index (χ1) is 5.75. The number of hydrogen-bond acceptors (Lipinski definition) is 0. The summed E-state index contributed by atoms with van der Waals surface area (Å²) in [4.78, 5) is 0. The fourth-order valence-corrected chi connectivity index (χ4v) is 1.44. The van der Waals surface area contributed by atoms with Gasteiger partial charge < -0.3 is 0 Å². The summed E-state index contributed by atoms with van der Waals surface area (Å²) in [6, 6.07) is 10.8. The Morgan fingerprint density at radius 1 is 1.08 bits per heavy atom. The summed E-state index contributed by atoms with van der Waals surface area (Å²) in [6.45, 7) is 6.88. The maximum absolute atomic E-state index is 2.32. The summed E-state index contributed by atoms with van der Waals surface area (Å²) < 4.78 is 0. The minimum atomic E-state index is 0.691. The molecule has 1 aromatic carbocycles. The SMILES string of the molecule is CCC(C)[C@H](C)c1ccccc1. The molecule has 0 bridgehead atoms. The van der Waals surface area contributed by atoms with Gasteiger partial charge in [-0.1, -0.05) is 57.5 Å². The average Bonchev–Trinajstić information content (AvgIpc) is 2.17. The zero-order valence-electron chi connectivity index (χ0n) is 8.25. The van der Waals surface area contributed by atoms with E-state index >= 15 is 0 Å². The second-order valence-corrected chi connectivity index (χ2v) is 3.58. The van der Waals surface area contributed by atoms with Crippen molar-refractivity contribution >= 4 is 0 Å². The molecule has 0 aliphatic heterocycles. The zero-order chi connectivity index (χ0) is 8.97. The van der Waals surface area contributed by atoms with Crippen molar-refractivity contribution in [3.63, 3.8) is 0 Å². The second kappa shape index (κ2) is 4.30. The fraction of sp³-hybridized carbons (Fsp3) is 0.500. The Bertz CT molecular complexity index is 213. The van der Waals surface area contributed by atoms with E-state index in [-0.39, 0.29) is 0 Å². The van der Waals surface area contributed by atoms with Crippen molar-refractivity contribution < 1.29 is 0 Å². The third-order valence-electron chi connectivity index (χ3n) is 2.82. The van der Waals surface area contributed by atoms with E-state index in [1.54, 1.807) is 0 Å². The van der Waals surface area contributed by atoms with E-state index in [1.165, 1.54) is 12.0 Å². The van der Waals surface area contributed by atoms with Crippen molar-refractivity contribution in [1.29, 1.82) is 0 Å². The smallest absolute Gasteiger partial charge is 0.0165 e. The molecule has 0 nitrogen and oxygen atoms in total. The Morgan fingerprint density at radius 3 is 2.17 bits per heavy atom. The lowest BCUT2D eigenvalue weighted by Gasteiger charge is -2.18. The number of benzene rings is 1. The van der Waals surface area contributed by atoms with Crippen LogP contribution >= 0.6 is 0 Å². The number of hydrogen-bond donors (Lipinski definition) is 0. The van der Waals surface area contributed by atoms with Crippen LogP contribution in [0.25, 0.3) is 0 Å². The summed E-state index contributed by atoms with van der Waals surface area (Å²) in [5.74, 6) is 1.48. The molecule has 0 saturated heterocycles. The third-order valence-corrected chi connectivity index (χ3v) is 2.82. The van der Waals surface area contributed by atoms with Crippen LogP contribution in [0.5, 0.6) is 0 Å². The highest BCUT2D eigenvalue weighted by Gasteiger charge is 2.10. The van der Waals surface area contributed by atoms with E-state index in [0.29, 0.717) is 5.92 Å². The molecule has 0 aliphatic rings. The van der Waals surface area contributed by atoms with Gasteiger partial charge in [0.1, 0.15) is 0 Å². The third kappa shape index (κ3) is 2.10. The standard InChI is InChI=1S/C12H18/c1-4-10(2)11(3)12-8-6-5-7-9-12/h5-11H,4H2,1-3H3/t10?,11-/m0/s1. The predicted molar refractivity (Wildman–Crippen MR) is 54.3 cm³/mol. The summed E-state index contributed by atoms with van der Waals surface area (Å²) >= 11 is 0. The van der Waals surface area contributed by atoms with Crippen molar-refractivity contribution in [2.75, 3.05) is 0 Å². The van der Waals surface area contributed by atoms with Crippen molar-refractivity contribution in [1.82, 2.24) is 0 Å². The molecule has 0 heterocycles. The molecule has 0 aliphatic carbocycles. The van der Waals surface area contributed by atoms with Gasteiger partial charge in [-0.25, -0.2) is 0 Å². The van der Waals surface area contributed by atoms with Crippen molar-refractivity contribution in [3.05, 3.63) is 35.9 Å². The van der Waals surface area contributed by atoms with Crippen LogP contribution in [0, 0.1) is 5.92 Å². The predicted octanol–water partition coefficient (Wildman–Crippen LogP) is 3.84. The normalized spacial score (nSPS) is 15.6. The molecule has 0 aromatic heterocycles. The molecule has 0 N–H and O–H groups in total. The van der Waals surface area contributed by atoms with Crippen LogP contribution in [0.1, 0.15) is 38.7 Å². The van der Waals surface area contributed by atoms with E-state index in [9.17, 15) is 0 Å². The largest absolute Gasteiger partial charge is 0.0651 e. The van der Waals surface area contributed by atoms with E-state index < -0.39 is 0 Å². The lowest BCUT2D eigenvalue weighted by atomic mass is 9.87. The summed E-state index contributed by atoms with van der Waals surface area (Å²) in [5.41, 5.74) is 1.46. The Balaban J connectivity index is 2.71. The quantitative estimate of drug-likeness (QED) is 0.633. The van der Waals surface area contributed by atoms with Gasteiger partial charge in [-0.3, -0.25) is 0 Å². The van der Waals surface area contributed by atoms with Crippen LogP contribution in [0.15, 0.2) is 30.3 Å². The highest BCUT2D eigenvalue weighted by molar-refractivity contribution is 5.19. The lowest BCUT2D eigenvalue weighted by Crippen LogP contribution is -2.04. The monoisotopic (exact) mass is 162 g/mol. The van der Waals surface area contributed by atoms with Crippen LogP contribution in [-0.2, 0) is 0 Å². The molecule has 12 heavy (non-hydrogen) atoms. The Hall–Kier alpha value is -0.780. The first kappa shape index (κ1) is 9.31. The van der Waals surface area contributed by atoms with Crippen LogP contribution in [0.2, 0.25) is 0 Å². The first-order valence-corrected chi connectivity index (χ1v) is 4.80.